The summed E-state index contributed by atoms with van der Waals surface area (Å²) in [5, 5.41) is 5.58. The summed E-state index contributed by atoms with van der Waals surface area (Å²) in [6.07, 6.45) is 2.64. The summed E-state index contributed by atoms with van der Waals surface area (Å²) in [5.74, 6) is 0.0903. The molecule has 0 saturated heterocycles. The van der Waals surface area contributed by atoms with Crippen molar-refractivity contribution in [1.29, 1.82) is 0 Å². The lowest BCUT2D eigenvalue weighted by molar-refractivity contribution is 0.0475. The standard InChI is InChI=1S/C16H17ClF2N4O/c1-10(6-11(2)16(20-3)24-9-14(18)19)7-23-8-12-13(22-23)4-5-21-15(12)17/h4-6,8,14H,3,7,9H2,1-2H3/b10-6+,16-11+. The van der Waals surface area contributed by atoms with E-state index in [0.29, 0.717) is 17.3 Å². The molecular formula is C16H17ClF2N4O. The van der Waals surface area contributed by atoms with Gasteiger partial charge in [-0.2, -0.15) is 5.10 Å². The highest BCUT2D eigenvalue weighted by molar-refractivity contribution is 6.34. The van der Waals surface area contributed by atoms with Gasteiger partial charge in [0, 0.05) is 18.0 Å². The molecule has 24 heavy (non-hydrogen) atoms. The molecule has 5 nitrogen and oxygen atoms in total. The average Bonchev–Trinajstić information content (AvgIpc) is 2.91. The van der Waals surface area contributed by atoms with Crippen LogP contribution in [0.25, 0.3) is 10.9 Å². The number of fused-ring (bicyclic) bond motifs is 1. The van der Waals surface area contributed by atoms with E-state index in [1.54, 1.807) is 36.1 Å². The summed E-state index contributed by atoms with van der Waals surface area (Å²) >= 11 is 6.03. The predicted octanol–water partition coefficient (Wildman–Crippen LogP) is 4.24. The van der Waals surface area contributed by atoms with Crippen LogP contribution in [-0.2, 0) is 11.3 Å². The number of halogens is 3. The minimum atomic E-state index is -2.56. The van der Waals surface area contributed by atoms with Crippen molar-refractivity contribution >= 4 is 29.2 Å². The number of nitrogens with zero attached hydrogens (tertiary/aromatic N) is 4. The van der Waals surface area contributed by atoms with E-state index in [1.807, 2.05) is 6.92 Å². The summed E-state index contributed by atoms with van der Waals surface area (Å²) < 4.78 is 31.1. The van der Waals surface area contributed by atoms with Crippen LogP contribution in [0.1, 0.15) is 13.8 Å². The number of ether oxygens (including phenoxy) is 1. The quantitative estimate of drug-likeness (QED) is 0.323. The molecule has 0 aliphatic heterocycles. The van der Waals surface area contributed by atoms with E-state index < -0.39 is 13.0 Å². The molecule has 0 aromatic carbocycles. The molecule has 0 bridgehead atoms. The lowest BCUT2D eigenvalue weighted by atomic mass is 10.2. The summed E-state index contributed by atoms with van der Waals surface area (Å²) in [6.45, 7) is 6.75. The Morgan fingerprint density at radius 2 is 2.25 bits per heavy atom. The summed E-state index contributed by atoms with van der Waals surface area (Å²) in [7, 11) is 0. The normalized spacial score (nSPS) is 13.3. The minimum absolute atomic E-state index is 0.0903. The molecule has 0 amide bonds. The van der Waals surface area contributed by atoms with Gasteiger partial charge >= 0.3 is 0 Å². The van der Waals surface area contributed by atoms with Crippen molar-refractivity contribution < 1.29 is 13.5 Å². The maximum atomic E-state index is 12.2. The molecule has 0 N–H and O–H groups in total. The van der Waals surface area contributed by atoms with E-state index in [4.69, 9.17) is 16.3 Å². The van der Waals surface area contributed by atoms with Gasteiger partial charge in [0.15, 0.2) is 6.61 Å². The largest absolute Gasteiger partial charge is 0.471 e. The monoisotopic (exact) mass is 354 g/mol. The Morgan fingerprint density at radius 3 is 2.88 bits per heavy atom. The summed E-state index contributed by atoms with van der Waals surface area (Å²) in [6, 6.07) is 1.78. The molecule has 0 radical (unpaired) electrons. The first-order valence-electron chi connectivity index (χ1n) is 7.14. The number of hydrogen-bond donors (Lipinski definition) is 0. The Balaban J connectivity index is 2.16. The van der Waals surface area contributed by atoms with Crippen molar-refractivity contribution in [1.82, 2.24) is 14.8 Å². The van der Waals surface area contributed by atoms with Gasteiger partial charge in [0.1, 0.15) is 5.15 Å². The molecule has 0 aliphatic rings. The number of allylic oxidation sites excluding steroid dienone is 3. The van der Waals surface area contributed by atoms with Crippen LogP contribution in [0.3, 0.4) is 0 Å². The van der Waals surface area contributed by atoms with E-state index in [-0.39, 0.29) is 5.88 Å². The SMILES string of the molecule is C=N/C(OCC(F)F)=C(C)\C=C(/C)Cn1cc2c(Cl)nccc2n1. The third-order valence-corrected chi connectivity index (χ3v) is 3.44. The summed E-state index contributed by atoms with van der Waals surface area (Å²) in [4.78, 5) is 7.66. The first kappa shape index (κ1) is 18.1. The third kappa shape index (κ3) is 4.61. The molecule has 0 aliphatic carbocycles. The van der Waals surface area contributed by atoms with Crippen molar-refractivity contribution in [3.05, 3.63) is 46.7 Å². The lowest BCUT2D eigenvalue weighted by Gasteiger charge is -2.08. The Labute approximate surface area is 143 Å². The molecule has 2 rings (SSSR count). The van der Waals surface area contributed by atoms with Gasteiger partial charge in [-0.1, -0.05) is 23.3 Å². The van der Waals surface area contributed by atoms with Gasteiger partial charge in [0.2, 0.25) is 5.88 Å². The number of rotatable bonds is 7. The fourth-order valence-electron chi connectivity index (χ4n) is 2.20. The zero-order valence-corrected chi connectivity index (χ0v) is 14.1. The first-order valence-corrected chi connectivity index (χ1v) is 7.52. The Morgan fingerprint density at radius 1 is 1.50 bits per heavy atom. The fraction of sp³-hybridized carbons (Fsp3) is 0.312. The second kappa shape index (κ2) is 8.01. The zero-order valence-electron chi connectivity index (χ0n) is 13.3. The van der Waals surface area contributed by atoms with Crippen LogP contribution in [0.5, 0.6) is 0 Å². The Bertz CT molecular complexity index is 798. The van der Waals surface area contributed by atoms with Crippen LogP contribution in [0.4, 0.5) is 8.78 Å². The molecule has 128 valence electrons. The number of hydrogen-bond acceptors (Lipinski definition) is 4. The van der Waals surface area contributed by atoms with Crippen molar-refractivity contribution in [2.45, 2.75) is 26.8 Å². The molecule has 0 saturated carbocycles. The molecule has 8 heteroatoms. The molecule has 0 spiro atoms. The molecule has 2 heterocycles. The van der Waals surface area contributed by atoms with E-state index >= 15 is 0 Å². The highest BCUT2D eigenvalue weighted by atomic mass is 35.5. The molecule has 0 atom stereocenters. The van der Waals surface area contributed by atoms with Gasteiger partial charge in [0.25, 0.3) is 6.43 Å². The Kier molecular flexibility index (Phi) is 6.03. The molecular weight excluding hydrogens is 338 g/mol. The van der Waals surface area contributed by atoms with Crippen LogP contribution < -0.4 is 0 Å². The van der Waals surface area contributed by atoms with Gasteiger partial charge in [-0.3, -0.25) is 4.68 Å². The van der Waals surface area contributed by atoms with Crippen LogP contribution >= 0.6 is 11.6 Å². The summed E-state index contributed by atoms with van der Waals surface area (Å²) in [5.41, 5.74) is 2.30. The molecule has 2 aromatic heterocycles. The van der Waals surface area contributed by atoms with Crippen LogP contribution in [0.15, 0.2) is 46.6 Å². The third-order valence-electron chi connectivity index (χ3n) is 3.13. The van der Waals surface area contributed by atoms with Crippen molar-refractivity contribution in [2.24, 2.45) is 4.99 Å². The highest BCUT2D eigenvalue weighted by Crippen LogP contribution is 2.20. The number of aromatic nitrogens is 3. The van der Waals surface area contributed by atoms with Crippen molar-refractivity contribution in [2.75, 3.05) is 6.61 Å². The van der Waals surface area contributed by atoms with E-state index in [2.05, 4.69) is 21.8 Å². The van der Waals surface area contributed by atoms with Gasteiger partial charge in [-0.25, -0.2) is 18.8 Å². The topological polar surface area (TPSA) is 52.3 Å². The number of aliphatic imine (C=N–C) groups is 1. The number of pyridine rings is 1. The predicted molar refractivity (Wildman–Crippen MR) is 90.5 cm³/mol. The van der Waals surface area contributed by atoms with Crippen molar-refractivity contribution in [3.63, 3.8) is 0 Å². The second-order valence-corrected chi connectivity index (χ2v) is 5.56. The molecule has 2 aromatic rings. The van der Waals surface area contributed by atoms with Crippen LogP contribution in [-0.4, -0.2) is 34.5 Å². The Hall–Kier alpha value is -2.28. The molecule has 0 fully saturated rings. The van der Waals surface area contributed by atoms with Gasteiger partial charge in [0.05, 0.1) is 17.4 Å². The smallest absolute Gasteiger partial charge is 0.272 e. The van der Waals surface area contributed by atoms with Crippen LogP contribution in [0, 0.1) is 0 Å². The van der Waals surface area contributed by atoms with Crippen molar-refractivity contribution in [3.8, 4) is 0 Å². The van der Waals surface area contributed by atoms with E-state index in [9.17, 15) is 8.78 Å². The lowest BCUT2D eigenvalue weighted by Crippen LogP contribution is -2.04. The van der Waals surface area contributed by atoms with Gasteiger partial charge in [-0.15, -0.1) is 0 Å². The minimum Gasteiger partial charge on any atom is -0.471 e. The van der Waals surface area contributed by atoms with E-state index in [0.717, 1.165) is 16.5 Å². The van der Waals surface area contributed by atoms with Crippen LogP contribution in [0.2, 0.25) is 5.15 Å². The number of alkyl halides is 2. The maximum absolute atomic E-state index is 12.2. The van der Waals surface area contributed by atoms with Gasteiger partial charge < -0.3 is 4.74 Å². The zero-order chi connectivity index (χ0) is 17.7. The average molecular weight is 355 g/mol. The highest BCUT2D eigenvalue weighted by Gasteiger charge is 2.08. The van der Waals surface area contributed by atoms with E-state index in [1.165, 1.54) is 0 Å². The molecule has 0 unspecified atom stereocenters. The second-order valence-electron chi connectivity index (χ2n) is 5.20. The fourth-order valence-corrected chi connectivity index (χ4v) is 2.40. The maximum Gasteiger partial charge on any atom is 0.272 e. The van der Waals surface area contributed by atoms with Gasteiger partial charge in [-0.05, 0) is 26.6 Å². The first-order chi connectivity index (χ1) is 11.4.